The molecule has 0 aromatic heterocycles. The number of nitrogens with zero attached hydrogens (tertiary/aromatic N) is 2. The number of urea groups is 1. The van der Waals surface area contributed by atoms with E-state index < -0.39 is 0 Å². The Morgan fingerprint density at radius 3 is 2.35 bits per heavy atom. The van der Waals surface area contributed by atoms with Gasteiger partial charge in [-0.2, -0.15) is 0 Å². The molecule has 2 atom stereocenters. The largest absolute Gasteiger partial charge is 0.333 e. The number of likely N-dealkylation sites (tertiary alicyclic amines) is 1. The van der Waals surface area contributed by atoms with Gasteiger partial charge in [-0.15, -0.1) is 0 Å². The van der Waals surface area contributed by atoms with Gasteiger partial charge in [0.25, 0.3) is 0 Å². The summed E-state index contributed by atoms with van der Waals surface area (Å²) >= 11 is 0. The van der Waals surface area contributed by atoms with Crippen molar-refractivity contribution in [3.8, 4) is 0 Å². The van der Waals surface area contributed by atoms with Crippen molar-refractivity contribution in [1.82, 2.24) is 15.1 Å². The van der Waals surface area contributed by atoms with Gasteiger partial charge in [-0.3, -0.25) is 4.90 Å². The Morgan fingerprint density at radius 1 is 1.04 bits per heavy atom. The molecule has 1 fully saturated rings. The third-order valence-corrected chi connectivity index (χ3v) is 4.71. The Hall–Kier alpha value is -2.37. The minimum Gasteiger partial charge on any atom is -0.333 e. The van der Waals surface area contributed by atoms with E-state index in [0.29, 0.717) is 5.92 Å². The van der Waals surface area contributed by atoms with Crippen molar-refractivity contribution >= 4 is 11.7 Å². The number of nitrogens with one attached hydrogen (secondary N) is 2. The maximum Gasteiger partial charge on any atom is 0.319 e. The zero-order chi connectivity index (χ0) is 18.4. The fourth-order valence-electron chi connectivity index (χ4n) is 3.61. The van der Waals surface area contributed by atoms with Gasteiger partial charge in [-0.05, 0) is 31.8 Å². The molecule has 2 N–H and O–H groups in total. The first-order valence-corrected chi connectivity index (χ1v) is 9.14. The Balaban J connectivity index is 1.60. The van der Waals surface area contributed by atoms with Crippen molar-refractivity contribution in [2.75, 3.05) is 39.0 Å². The van der Waals surface area contributed by atoms with E-state index in [0.717, 1.165) is 31.9 Å². The Labute approximate surface area is 156 Å². The van der Waals surface area contributed by atoms with Crippen LogP contribution in [0.4, 0.5) is 10.5 Å². The van der Waals surface area contributed by atoms with Crippen LogP contribution in [0, 0.1) is 5.92 Å². The molecular formula is C21H28N4O. The summed E-state index contributed by atoms with van der Waals surface area (Å²) in [4.78, 5) is 17.0. The van der Waals surface area contributed by atoms with E-state index in [-0.39, 0.29) is 12.1 Å². The number of rotatable bonds is 6. The van der Waals surface area contributed by atoms with Crippen LogP contribution in [0.5, 0.6) is 0 Å². The topological polar surface area (TPSA) is 47.6 Å². The van der Waals surface area contributed by atoms with Crippen LogP contribution < -0.4 is 10.6 Å². The van der Waals surface area contributed by atoms with Crippen LogP contribution >= 0.6 is 0 Å². The molecule has 1 aliphatic heterocycles. The van der Waals surface area contributed by atoms with Crippen LogP contribution in [0.3, 0.4) is 0 Å². The van der Waals surface area contributed by atoms with Crippen molar-refractivity contribution in [2.45, 2.75) is 12.6 Å². The fourth-order valence-corrected chi connectivity index (χ4v) is 3.61. The lowest BCUT2D eigenvalue weighted by Crippen LogP contribution is -2.45. The smallest absolute Gasteiger partial charge is 0.319 e. The third kappa shape index (κ3) is 5.31. The summed E-state index contributed by atoms with van der Waals surface area (Å²) in [5.74, 6) is 0.412. The molecule has 1 aliphatic rings. The highest BCUT2D eigenvalue weighted by Crippen LogP contribution is 2.20. The summed E-state index contributed by atoms with van der Waals surface area (Å²) in [7, 11) is 4.17. The molecule has 0 bridgehead atoms. The fraction of sp³-hybridized carbons (Fsp3) is 0.381. The molecular weight excluding hydrogens is 324 g/mol. The molecule has 1 heterocycles. The van der Waals surface area contributed by atoms with Crippen molar-refractivity contribution in [1.29, 1.82) is 0 Å². The number of carbonyl (C=O) groups is 1. The van der Waals surface area contributed by atoms with Crippen LogP contribution in [0.2, 0.25) is 0 Å². The first-order chi connectivity index (χ1) is 12.6. The zero-order valence-corrected chi connectivity index (χ0v) is 15.6. The molecule has 3 rings (SSSR count). The Kier molecular flexibility index (Phi) is 6.26. The summed E-state index contributed by atoms with van der Waals surface area (Å²) in [5.41, 5.74) is 2.12. The van der Waals surface area contributed by atoms with E-state index >= 15 is 0 Å². The number of benzene rings is 2. The van der Waals surface area contributed by atoms with Gasteiger partial charge in [0.05, 0.1) is 0 Å². The lowest BCUT2D eigenvalue weighted by Gasteiger charge is -2.23. The van der Waals surface area contributed by atoms with Gasteiger partial charge in [0.15, 0.2) is 0 Å². The van der Waals surface area contributed by atoms with Crippen LogP contribution in [-0.2, 0) is 6.54 Å². The SMILES string of the molecule is CN(C)C[C@@H]1CN(Cc2ccccc2)C[C@H]1NC(=O)Nc1ccccc1. The van der Waals surface area contributed by atoms with Gasteiger partial charge in [0.2, 0.25) is 0 Å². The number of anilines is 1. The first kappa shape index (κ1) is 18.4. The van der Waals surface area contributed by atoms with Crippen molar-refractivity contribution < 1.29 is 4.79 Å². The quantitative estimate of drug-likeness (QED) is 0.840. The zero-order valence-electron chi connectivity index (χ0n) is 15.6. The van der Waals surface area contributed by atoms with Gasteiger partial charge in [0.1, 0.15) is 0 Å². The highest BCUT2D eigenvalue weighted by Gasteiger charge is 2.34. The first-order valence-electron chi connectivity index (χ1n) is 9.14. The standard InChI is InChI=1S/C21H28N4O/c1-24(2)14-18-15-25(13-17-9-5-3-6-10-17)16-20(18)23-21(26)22-19-11-7-4-8-12-19/h3-12,18,20H,13-16H2,1-2H3,(H2,22,23,26)/t18-,20-/m1/s1. The molecule has 2 aromatic rings. The molecule has 2 aromatic carbocycles. The third-order valence-electron chi connectivity index (χ3n) is 4.71. The predicted octanol–water partition coefficient (Wildman–Crippen LogP) is 2.87. The van der Waals surface area contributed by atoms with Crippen molar-refractivity contribution in [3.63, 3.8) is 0 Å². The minimum atomic E-state index is -0.133. The van der Waals surface area contributed by atoms with E-state index in [1.165, 1.54) is 5.56 Å². The molecule has 138 valence electrons. The minimum absolute atomic E-state index is 0.133. The van der Waals surface area contributed by atoms with E-state index in [4.69, 9.17) is 0 Å². The predicted molar refractivity (Wildman–Crippen MR) is 106 cm³/mol. The molecule has 26 heavy (non-hydrogen) atoms. The van der Waals surface area contributed by atoms with Gasteiger partial charge in [-0.25, -0.2) is 4.79 Å². The Morgan fingerprint density at radius 2 is 1.69 bits per heavy atom. The van der Waals surface area contributed by atoms with Gasteiger partial charge in [0, 0.05) is 43.8 Å². The molecule has 5 nitrogen and oxygen atoms in total. The summed E-state index contributed by atoms with van der Waals surface area (Å²) in [6.45, 7) is 3.74. The molecule has 0 spiro atoms. The lowest BCUT2D eigenvalue weighted by molar-refractivity contribution is 0.241. The Bertz CT molecular complexity index is 690. The van der Waals surface area contributed by atoms with Crippen molar-refractivity contribution in [2.24, 2.45) is 5.92 Å². The summed E-state index contributed by atoms with van der Waals surface area (Å²) in [6, 6.07) is 20.1. The number of hydrogen-bond donors (Lipinski definition) is 2. The highest BCUT2D eigenvalue weighted by molar-refractivity contribution is 5.89. The molecule has 0 aliphatic carbocycles. The van der Waals surface area contributed by atoms with E-state index in [1.54, 1.807) is 0 Å². The summed E-state index contributed by atoms with van der Waals surface area (Å²) in [6.07, 6.45) is 0. The molecule has 0 radical (unpaired) electrons. The van der Waals surface area contributed by atoms with E-state index in [9.17, 15) is 4.79 Å². The lowest BCUT2D eigenvalue weighted by atomic mass is 10.0. The second kappa shape index (κ2) is 8.83. The van der Waals surface area contributed by atoms with E-state index in [2.05, 4.69) is 58.8 Å². The van der Waals surface area contributed by atoms with Crippen molar-refractivity contribution in [3.05, 3.63) is 66.2 Å². The average molecular weight is 352 g/mol. The maximum atomic E-state index is 12.4. The average Bonchev–Trinajstić information content (AvgIpc) is 2.96. The summed E-state index contributed by atoms with van der Waals surface area (Å²) < 4.78 is 0. The monoisotopic (exact) mass is 352 g/mol. The normalized spacial score (nSPS) is 20.3. The highest BCUT2D eigenvalue weighted by atomic mass is 16.2. The van der Waals surface area contributed by atoms with Gasteiger partial charge < -0.3 is 15.5 Å². The summed E-state index contributed by atoms with van der Waals surface area (Å²) in [5, 5.41) is 6.11. The molecule has 2 amide bonds. The number of hydrogen-bond acceptors (Lipinski definition) is 3. The number of amides is 2. The number of para-hydroxylation sites is 1. The number of carbonyl (C=O) groups excluding carboxylic acids is 1. The van der Waals surface area contributed by atoms with Crippen LogP contribution in [0.1, 0.15) is 5.56 Å². The maximum absolute atomic E-state index is 12.4. The van der Waals surface area contributed by atoms with Gasteiger partial charge >= 0.3 is 6.03 Å². The van der Waals surface area contributed by atoms with Crippen LogP contribution in [-0.4, -0.2) is 55.6 Å². The van der Waals surface area contributed by atoms with Gasteiger partial charge in [-0.1, -0.05) is 48.5 Å². The van der Waals surface area contributed by atoms with Crippen LogP contribution in [0.25, 0.3) is 0 Å². The van der Waals surface area contributed by atoms with E-state index in [1.807, 2.05) is 36.4 Å². The molecule has 0 saturated carbocycles. The van der Waals surface area contributed by atoms with Crippen LogP contribution in [0.15, 0.2) is 60.7 Å². The second-order valence-electron chi connectivity index (χ2n) is 7.27. The molecule has 5 heteroatoms. The second-order valence-corrected chi connectivity index (χ2v) is 7.27. The molecule has 0 unspecified atom stereocenters. The molecule has 1 saturated heterocycles.